The number of likely N-dealkylation sites (N-methyl/N-ethyl adjacent to an activating group) is 1. The molecule has 0 aliphatic heterocycles. The van der Waals surface area contributed by atoms with E-state index in [1.54, 1.807) is 38.4 Å². The number of hydrogen-bond donors (Lipinski definition) is 2. The maximum absolute atomic E-state index is 12.2. The second-order valence-electron chi connectivity index (χ2n) is 5.51. The minimum atomic E-state index is -0.505. The third-order valence-corrected chi connectivity index (χ3v) is 2.92. The van der Waals surface area contributed by atoms with Crippen molar-refractivity contribution in [2.75, 3.05) is 19.8 Å². The minimum Gasteiger partial charge on any atom is -0.399 e. The number of amides is 2. The van der Waals surface area contributed by atoms with Crippen molar-refractivity contribution in [2.24, 2.45) is 5.92 Å². The minimum absolute atomic E-state index is 0.0949. The van der Waals surface area contributed by atoms with E-state index in [0.717, 1.165) is 0 Å². The first-order chi connectivity index (χ1) is 9.31. The highest BCUT2D eigenvalue weighted by Crippen LogP contribution is 2.10. The molecule has 0 aromatic heterocycles. The molecule has 0 aliphatic rings. The summed E-state index contributed by atoms with van der Waals surface area (Å²) in [5.41, 5.74) is 6.69. The molecule has 0 saturated heterocycles. The maximum Gasteiger partial charge on any atom is 0.251 e. The number of nitrogens with zero attached hydrogens (tertiary/aromatic N) is 1. The molecule has 20 heavy (non-hydrogen) atoms. The lowest BCUT2D eigenvalue weighted by atomic mass is 10.0. The summed E-state index contributed by atoms with van der Waals surface area (Å²) in [5.74, 6) is -0.0380. The predicted molar refractivity (Wildman–Crippen MR) is 80.3 cm³/mol. The summed E-state index contributed by atoms with van der Waals surface area (Å²) < 4.78 is 0. The van der Waals surface area contributed by atoms with Crippen molar-refractivity contribution in [2.45, 2.75) is 26.3 Å². The molecule has 0 spiro atoms. The van der Waals surface area contributed by atoms with Crippen LogP contribution < -0.4 is 11.1 Å². The Morgan fingerprint density at radius 3 is 2.20 bits per heavy atom. The summed E-state index contributed by atoms with van der Waals surface area (Å²) in [6.45, 7) is 4.04. The lowest BCUT2D eigenvalue weighted by Crippen LogP contribution is -2.46. The molecule has 3 N–H and O–H groups in total. The van der Waals surface area contributed by atoms with Crippen LogP contribution in [-0.4, -0.2) is 36.9 Å². The molecule has 0 saturated carbocycles. The predicted octanol–water partition coefficient (Wildman–Crippen LogP) is 1.50. The van der Waals surface area contributed by atoms with Gasteiger partial charge in [0.25, 0.3) is 5.91 Å². The molecule has 0 bridgehead atoms. The fourth-order valence-corrected chi connectivity index (χ4v) is 1.88. The average Bonchev–Trinajstić information content (AvgIpc) is 2.37. The monoisotopic (exact) mass is 277 g/mol. The Labute approximate surface area is 120 Å². The number of nitrogen functional groups attached to an aromatic ring is 1. The van der Waals surface area contributed by atoms with Crippen molar-refractivity contribution >= 4 is 17.5 Å². The van der Waals surface area contributed by atoms with E-state index in [-0.39, 0.29) is 11.8 Å². The first kappa shape index (κ1) is 16.0. The van der Waals surface area contributed by atoms with Crippen LogP contribution in [0.25, 0.3) is 0 Å². The van der Waals surface area contributed by atoms with Gasteiger partial charge in [0, 0.05) is 25.3 Å². The Morgan fingerprint density at radius 1 is 1.20 bits per heavy atom. The summed E-state index contributed by atoms with van der Waals surface area (Å²) in [5, 5.41) is 2.79. The normalized spacial score (nSPS) is 12.1. The van der Waals surface area contributed by atoms with Gasteiger partial charge in [0.05, 0.1) is 0 Å². The van der Waals surface area contributed by atoms with Crippen LogP contribution >= 0.6 is 0 Å². The quantitative estimate of drug-likeness (QED) is 0.801. The molecular weight excluding hydrogens is 254 g/mol. The van der Waals surface area contributed by atoms with Gasteiger partial charge in [-0.05, 0) is 36.6 Å². The number of carbonyl (C=O) groups excluding carboxylic acids is 2. The Bertz CT molecular complexity index is 467. The van der Waals surface area contributed by atoms with Crippen molar-refractivity contribution in [3.05, 3.63) is 29.8 Å². The number of benzene rings is 1. The van der Waals surface area contributed by atoms with E-state index in [1.807, 2.05) is 13.8 Å². The number of hydrogen-bond acceptors (Lipinski definition) is 3. The van der Waals surface area contributed by atoms with Crippen LogP contribution in [0.3, 0.4) is 0 Å². The number of nitrogens with two attached hydrogens (primary N) is 1. The van der Waals surface area contributed by atoms with Crippen molar-refractivity contribution < 1.29 is 9.59 Å². The topological polar surface area (TPSA) is 75.4 Å². The van der Waals surface area contributed by atoms with Gasteiger partial charge in [0.2, 0.25) is 5.91 Å². The number of carbonyl (C=O) groups is 2. The Kier molecular flexibility index (Phi) is 5.55. The highest BCUT2D eigenvalue weighted by molar-refractivity contribution is 5.97. The van der Waals surface area contributed by atoms with Crippen molar-refractivity contribution in [1.29, 1.82) is 0 Å². The number of rotatable bonds is 5. The molecule has 0 fully saturated rings. The van der Waals surface area contributed by atoms with Crippen LogP contribution in [-0.2, 0) is 4.79 Å². The fraction of sp³-hybridized carbons (Fsp3) is 0.467. The highest BCUT2D eigenvalue weighted by atomic mass is 16.2. The zero-order valence-electron chi connectivity index (χ0n) is 12.5. The van der Waals surface area contributed by atoms with Crippen LogP contribution in [0.2, 0.25) is 0 Å². The van der Waals surface area contributed by atoms with Crippen molar-refractivity contribution in [3.63, 3.8) is 0 Å². The van der Waals surface area contributed by atoms with E-state index < -0.39 is 6.04 Å². The summed E-state index contributed by atoms with van der Waals surface area (Å²) in [6, 6.07) is 6.13. The summed E-state index contributed by atoms with van der Waals surface area (Å²) in [4.78, 5) is 25.7. The zero-order chi connectivity index (χ0) is 15.3. The van der Waals surface area contributed by atoms with E-state index in [1.165, 1.54) is 4.90 Å². The van der Waals surface area contributed by atoms with Gasteiger partial charge in [-0.3, -0.25) is 9.59 Å². The molecule has 0 heterocycles. The van der Waals surface area contributed by atoms with Gasteiger partial charge in [0.1, 0.15) is 6.04 Å². The van der Waals surface area contributed by atoms with Crippen LogP contribution in [0.1, 0.15) is 30.6 Å². The molecule has 1 aromatic rings. The van der Waals surface area contributed by atoms with Gasteiger partial charge < -0.3 is 16.0 Å². The molecule has 5 nitrogen and oxygen atoms in total. The van der Waals surface area contributed by atoms with E-state index in [9.17, 15) is 9.59 Å². The van der Waals surface area contributed by atoms with Gasteiger partial charge in [-0.25, -0.2) is 0 Å². The van der Waals surface area contributed by atoms with Gasteiger partial charge >= 0.3 is 0 Å². The molecular formula is C15H23N3O2. The molecule has 0 aliphatic carbocycles. The van der Waals surface area contributed by atoms with Gasteiger partial charge in [-0.2, -0.15) is 0 Å². The van der Waals surface area contributed by atoms with Gasteiger partial charge in [-0.15, -0.1) is 0 Å². The summed E-state index contributed by atoms with van der Waals surface area (Å²) in [7, 11) is 3.37. The molecule has 1 aromatic carbocycles. The summed E-state index contributed by atoms with van der Waals surface area (Å²) in [6.07, 6.45) is 0.609. The Hall–Kier alpha value is -2.04. The van der Waals surface area contributed by atoms with Crippen LogP contribution in [0, 0.1) is 5.92 Å². The molecule has 5 heteroatoms. The largest absolute Gasteiger partial charge is 0.399 e. The van der Waals surface area contributed by atoms with E-state index in [2.05, 4.69) is 5.32 Å². The molecule has 1 rings (SSSR count). The fourth-order valence-electron chi connectivity index (χ4n) is 1.88. The molecule has 1 unspecified atom stereocenters. The molecule has 0 radical (unpaired) electrons. The first-order valence-electron chi connectivity index (χ1n) is 6.68. The van der Waals surface area contributed by atoms with E-state index >= 15 is 0 Å². The Morgan fingerprint density at radius 2 is 1.75 bits per heavy atom. The van der Waals surface area contributed by atoms with Crippen molar-refractivity contribution in [1.82, 2.24) is 10.2 Å². The SMILES string of the molecule is CC(C)CC(NC(=O)c1ccc(N)cc1)C(=O)N(C)C. The second-order valence-corrected chi connectivity index (χ2v) is 5.51. The maximum atomic E-state index is 12.2. The van der Waals surface area contributed by atoms with Crippen molar-refractivity contribution in [3.8, 4) is 0 Å². The van der Waals surface area contributed by atoms with Crippen LogP contribution in [0.4, 0.5) is 5.69 Å². The smallest absolute Gasteiger partial charge is 0.251 e. The van der Waals surface area contributed by atoms with Gasteiger partial charge in [0.15, 0.2) is 0 Å². The molecule has 1 atom stereocenters. The van der Waals surface area contributed by atoms with E-state index in [0.29, 0.717) is 23.6 Å². The average molecular weight is 277 g/mol. The standard InChI is InChI=1S/C15H23N3O2/c1-10(2)9-13(15(20)18(3)4)17-14(19)11-5-7-12(16)8-6-11/h5-8,10,13H,9,16H2,1-4H3,(H,17,19). The van der Waals surface area contributed by atoms with Crippen LogP contribution in [0.15, 0.2) is 24.3 Å². The third-order valence-electron chi connectivity index (χ3n) is 2.92. The third kappa shape index (κ3) is 4.57. The zero-order valence-corrected chi connectivity index (χ0v) is 12.5. The lowest BCUT2D eigenvalue weighted by molar-refractivity contribution is -0.131. The number of nitrogens with one attached hydrogen (secondary N) is 1. The highest BCUT2D eigenvalue weighted by Gasteiger charge is 2.23. The number of anilines is 1. The molecule has 110 valence electrons. The van der Waals surface area contributed by atoms with E-state index in [4.69, 9.17) is 5.73 Å². The van der Waals surface area contributed by atoms with Gasteiger partial charge in [-0.1, -0.05) is 13.8 Å². The first-order valence-corrected chi connectivity index (χ1v) is 6.68. The van der Waals surface area contributed by atoms with Crippen LogP contribution in [0.5, 0.6) is 0 Å². The lowest BCUT2D eigenvalue weighted by Gasteiger charge is -2.23. The second kappa shape index (κ2) is 6.93. The Balaban J connectivity index is 2.81. The molecule has 2 amide bonds. The summed E-state index contributed by atoms with van der Waals surface area (Å²) >= 11 is 0.